The van der Waals surface area contributed by atoms with Crippen LogP contribution in [-0.4, -0.2) is 9.97 Å². The van der Waals surface area contributed by atoms with Gasteiger partial charge < -0.3 is 17.7 Å². The van der Waals surface area contributed by atoms with Gasteiger partial charge in [0.2, 0.25) is 0 Å². The van der Waals surface area contributed by atoms with E-state index in [1.54, 1.807) is 0 Å². The lowest BCUT2D eigenvalue weighted by Crippen LogP contribution is -3.00. The first kappa shape index (κ1) is 14.8. The highest BCUT2D eigenvalue weighted by Crippen LogP contribution is 2.34. The van der Waals surface area contributed by atoms with Crippen LogP contribution in [0.2, 0.25) is 0 Å². The first-order valence-electron chi connectivity index (χ1n) is 7.45. The largest absolute Gasteiger partial charge is 1.00 e. The first-order valence-corrected chi connectivity index (χ1v) is 7.45. The third kappa shape index (κ3) is 2.64. The molecule has 4 heteroatoms. The summed E-state index contributed by atoms with van der Waals surface area (Å²) in [6, 6.07) is 12.5. The molecule has 1 aromatic carbocycles. The van der Waals surface area contributed by atoms with Crippen LogP contribution in [0.4, 0.5) is 5.69 Å². The van der Waals surface area contributed by atoms with Gasteiger partial charge in [-0.1, -0.05) is 24.3 Å². The predicted molar refractivity (Wildman–Crippen MR) is 85.3 cm³/mol. The highest BCUT2D eigenvalue weighted by atomic mass is 35.5. The standard InChI is InChI=1S/C18H17N3.ClH/c1-2-8-16-14(6-1)18(15-7-3-9-17(15)21-16)20-12-13-5-4-10-19-11-13;/h1-2,4-6,8,10-11H,3,7,9,12H2,(H,20,21);1H/p-1. The molecule has 112 valence electrons. The van der Waals surface area contributed by atoms with E-state index in [0.717, 1.165) is 24.9 Å². The fourth-order valence-electron chi connectivity index (χ4n) is 3.11. The molecule has 3 nitrogen and oxygen atoms in total. The second kappa shape index (κ2) is 6.32. The minimum absolute atomic E-state index is 0. The number of para-hydroxylation sites is 1. The number of hydrogen-bond donors (Lipinski definition) is 1. The fraction of sp³-hybridized carbons (Fsp3) is 0.222. The second-order valence-electron chi connectivity index (χ2n) is 5.50. The maximum absolute atomic E-state index is 4.82. The molecule has 0 bridgehead atoms. The Kier molecular flexibility index (Phi) is 4.25. The summed E-state index contributed by atoms with van der Waals surface area (Å²) in [7, 11) is 0. The monoisotopic (exact) mass is 310 g/mol. The van der Waals surface area contributed by atoms with Crippen LogP contribution >= 0.6 is 0 Å². The third-order valence-corrected chi connectivity index (χ3v) is 4.11. The van der Waals surface area contributed by atoms with E-state index >= 15 is 0 Å². The Morgan fingerprint density at radius 2 is 1.95 bits per heavy atom. The number of pyridine rings is 2. The number of nitrogens with one attached hydrogen (secondary N) is 1. The Balaban J connectivity index is 0.00000144. The molecule has 2 heterocycles. The summed E-state index contributed by atoms with van der Waals surface area (Å²) in [4.78, 5) is 9.00. The SMILES string of the molecule is [Cl-].c1cncc(CNc2c3c(nc4ccccc24)CCC3)c1. The zero-order valence-electron chi connectivity index (χ0n) is 12.2. The van der Waals surface area contributed by atoms with Gasteiger partial charge in [-0.3, -0.25) is 9.97 Å². The molecule has 0 amide bonds. The van der Waals surface area contributed by atoms with Crippen LogP contribution in [0, 0.1) is 0 Å². The normalized spacial score (nSPS) is 12.7. The lowest BCUT2D eigenvalue weighted by molar-refractivity contribution is -0.00000425. The van der Waals surface area contributed by atoms with Gasteiger partial charge in [-0.05, 0) is 42.5 Å². The van der Waals surface area contributed by atoms with Gasteiger partial charge in [0, 0.05) is 35.7 Å². The summed E-state index contributed by atoms with van der Waals surface area (Å²) in [5.74, 6) is 0. The van der Waals surface area contributed by atoms with Crippen molar-refractivity contribution in [2.45, 2.75) is 25.8 Å². The van der Waals surface area contributed by atoms with E-state index in [-0.39, 0.29) is 12.4 Å². The molecular weight excluding hydrogens is 294 g/mol. The van der Waals surface area contributed by atoms with Crippen LogP contribution in [0.25, 0.3) is 10.9 Å². The highest BCUT2D eigenvalue weighted by Gasteiger charge is 2.19. The second-order valence-corrected chi connectivity index (χ2v) is 5.50. The molecule has 0 saturated heterocycles. The number of aromatic nitrogens is 2. The Labute approximate surface area is 136 Å². The molecule has 3 aromatic rings. The molecule has 0 radical (unpaired) electrons. The van der Waals surface area contributed by atoms with E-state index in [9.17, 15) is 0 Å². The van der Waals surface area contributed by atoms with Gasteiger partial charge in [0.15, 0.2) is 0 Å². The van der Waals surface area contributed by atoms with Gasteiger partial charge in [0.1, 0.15) is 0 Å². The van der Waals surface area contributed by atoms with Gasteiger partial charge in [-0.25, -0.2) is 0 Å². The zero-order valence-corrected chi connectivity index (χ0v) is 13.0. The molecule has 0 saturated carbocycles. The first-order chi connectivity index (χ1) is 10.4. The van der Waals surface area contributed by atoms with Gasteiger partial charge in [-0.15, -0.1) is 0 Å². The van der Waals surface area contributed by atoms with Crippen molar-refractivity contribution >= 4 is 16.6 Å². The summed E-state index contributed by atoms with van der Waals surface area (Å²) in [6.45, 7) is 0.800. The molecule has 1 N–H and O–H groups in total. The lowest BCUT2D eigenvalue weighted by Gasteiger charge is -2.14. The molecule has 22 heavy (non-hydrogen) atoms. The van der Waals surface area contributed by atoms with Crippen LogP contribution in [0.5, 0.6) is 0 Å². The van der Waals surface area contributed by atoms with Crippen molar-refractivity contribution in [3.8, 4) is 0 Å². The maximum Gasteiger partial charge on any atom is 0.0726 e. The molecule has 4 rings (SSSR count). The van der Waals surface area contributed by atoms with Crippen molar-refractivity contribution < 1.29 is 12.4 Å². The smallest absolute Gasteiger partial charge is 0.0726 e. The number of nitrogens with zero attached hydrogens (tertiary/aromatic N) is 2. The van der Waals surface area contributed by atoms with Crippen molar-refractivity contribution in [1.82, 2.24) is 9.97 Å². The zero-order chi connectivity index (χ0) is 14.1. The molecule has 2 aromatic heterocycles. The Morgan fingerprint density at radius 1 is 1.05 bits per heavy atom. The van der Waals surface area contributed by atoms with Crippen molar-refractivity contribution in [3.63, 3.8) is 0 Å². The fourth-order valence-corrected chi connectivity index (χ4v) is 3.11. The summed E-state index contributed by atoms with van der Waals surface area (Å²) in [5, 5.41) is 4.85. The highest BCUT2D eigenvalue weighted by molar-refractivity contribution is 5.93. The van der Waals surface area contributed by atoms with Crippen LogP contribution in [0.15, 0.2) is 48.8 Å². The van der Waals surface area contributed by atoms with Crippen LogP contribution in [0.3, 0.4) is 0 Å². The van der Waals surface area contributed by atoms with Crippen molar-refractivity contribution in [1.29, 1.82) is 0 Å². The summed E-state index contributed by atoms with van der Waals surface area (Å²) >= 11 is 0. The van der Waals surface area contributed by atoms with Crippen LogP contribution < -0.4 is 17.7 Å². The maximum atomic E-state index is 4.82. The average molecular weight is 311 g/mol. The molecule has 0 unspecified atom stereocenters. The van der Waals surface area contributed by atoms with E-state index in [4.69, 9.17) is 4.98 Å². The van der Waals surface area contributed by atoms with E-state index in [1.165, 1.54) is 34.3 Å². The predicted octanol–water partition coefficient (Wildman–Crippen LogP) is 0.735. The number of anilines is 1. The number of halogens is 1. The molecule has 0 fully saturated rings. The lowest BCUT2D eigenvalue weighted by atomic mass is 10.1. The molecule has 0 atom stereocenters. The summed E-state index contributed by atoms with van der Waals surface area (Å²) < 4.78 is 0. The minimum Gasteiger partial charge on any atom is -1.00 e. The van der Waals surface area contributed by atoms with Crippen molar-refractivity contribution in [2.24, 2.45) is 0 Å². The number of aryl methyl sites for hydroxylation is 1. The molecule has 1 aliphatic rings. The van der Waals surface area contributed by atoms with Gasteiger partial charge in [0.05, 0.1) is 5.52 Å². The Hall–Kier alpha value is -2.13. The van der Waals surface area contributed by atoms with Crippen LogP contribution in [-0.2, 0) is 19.4 Å². The van der Waals surface area contributed by atoms with E-state index in [2.05, 4.69) is 40.6 Å². The Morgan fingerprint density at radius 3 is 2.82 bits per heavy atom. The topological polar surface area (TPSA) is 37.8 Å². The molecule has 0 aliphatic heterocycles. The Bertz CT molecular complexity index is 787. The number of rotatable bonds is 3. The van der Waals surface area contributed by atoms with E-state index in [1.807, 2.05) is 18.5 Å². The number of fused-ring (bicyclic) bond motifs is 2. The van der Waals surface area contributed by atoms with Crippen LogP contribution in [0.1, 0.15) is 23.2 Å². The van der Waals surface area contributed by atoms with E-state index in [0.29, 0.717) is 0 Å². The van der Waals surface area contributed by atoms with Gasteiger partial charge >= 0.3 is 0 Å². The minimum atomic E-state index is 0. The summed E-state index contributed by atoms with van der Waals surface area (Å²) in [6.07, 6.45) is 7.16. The molecule has 1 aliphatic carbocycles. The van der Waals surface area contributed by atoms with Gasteiger partial charge in [0.25, 0.3) is 0 Å². The number of benzene rings is 1. The summed E-state index contributed by atoms with van der Waals surface area (Å²) in [5.41, 5.74) is 6.22. The molecular formula is C18H17ClN3-. The molecule has 0 spiro atoms. The van der Waals surface area contributed by atoms with E-state index < -0.39 is 0 Å². The third-order valence-electron chi connectivity index (χ3n) is 4.11. The number of hydrogen-bond acceptors (Lipinski definition) is 3. The quantitative estimate of drug-likeness (QED) is 0.775. The van der Waals surface area contributed by atoms with Crippen molar-refractivity contribution in [2.75, 3.05) is 5.32 Å². The average Bonchev–Trinajstić information content (AvgIpc) is 3.00. The van der Waals surface area contributed by atoms with Gasteiger partial charge in [-0.2, -0.15) is 0 Å². The van der Waals surface area contributed by atoms with Crippen molar-refractivity contribution in [3.05, 3.63) is 65.6 Å².